The van der Waals surface area contributed by atoms with Crippen LogP contribution in [0.2, 0.25) is 0 Å². The van der Waals surface area contributed by atoms with Crippen LogP contribution in [0.15, 0.2) is 0 Å². The molecule has 0 aromatic rings. The maximum absolute atomic E-state index is 5.39. The molecule has 0 saturated carbocycles. The molecular formula is C8H17NNaS2. The summed E-state index contributed by atoms with van der Waals surface area (Å²) < 4.78 is 0.578. The van der Waals surface area contributed by atoms with Crippen LogP contribution < -0.4 is 5.73 Å². The molecule has 0 heterocycles. The van der Waals surface area contributed by atoms with Crippen molar-refractivity contribution in [3.8, 4) is 0 Å². The van der Waals surface area contributed by atoms with Gasteiger partial charge >= 0.3 is 0 Å². The van der Waals surface area contributed by atoms with E-state index in [1.165, 1.54) is 25.7 Å². The van der Waals surface area contributed by atoms with Crippen LogP contribution in [0.1, 0.15) is 39.5 Å². The van der Waals surface area contributed by atoms with Gasteiger partial charge < -0.3 is 5.73 Å². The number of nitrogens with two attached hydrogens (primary N) is 1. The zero-order chi connectivity index (χ0) is 8.69. The average Bonchev–Trinajstić information content (AvgIpc) is 1.86. The first kappa shape index (κ1) is 15.7. The third kappa shape index (κ3) is 11.2. The van der Waals surface area contributed by atoms with Crippen molar-refractivity contribution in [2.75, 3.05) is 0 Å². The molecule has 1 radical (unpaired) electrons. The molecule has 0 spiro atoms. The SMILES string of the molecule is CCCCCC(C)SC(N)=S.[Na]. The van der Waals surface area contributed by atoms with Crippen LogP contribution in [0.5, 0.6) is 0 Å². The minimum absolute atomic E-state index is 0. The summed E-state index contributed by atoms with van der Waals surface area (Å²) in [6.45, 7) is 4.39. The molecular weight excluding hydrogens is 197 g/mol. The smallest absolute Gasteiger partial charge is 0.131 e. The maximum Gasteiger partial charge on any atom is 0.131 e. The predicted molar refractivity (Wildman–Crippen MR) is 63.7 cm³/mol. The van der Waals surface area contributed by atoms with E-state index in [-0.39, 0.29) is 29.6 Å². The number of hydrogen-bond donors (Lipinski definition) is 1. The molecule has 4 heteroatoms. The zero-order valence-electron chi connectivity index (χ0n) is 8.30. The number of unbranched alkanes of at least 4 members (excludes halogenated alkanes) is 2. The van der Waals surface area contributed by atoms with E-state index in [0.717, 1.165) is 0 Å². The Kier molecular flexibility index (Phi) is 13.5. The van der Waals surface area contributed by atoms with Gasteiger partial charge in [-0.05, 0) is 6.42 Å². The van der Waals surface area contributed by atoms with Crippen LogP contribution in [0.4, 0.5) is 0 Å². The second-order valence-corrected chi connectivity index (χ2v) is 4.92. The molecule has 0 aromatic carbocycles. The molecule has 1 nitrogen and oxygen atoms in total. The van der Waals surface area contributed by atoms with Gasteiger partial charge in [0.15, 0.2) is 0 Å². The van der Waals surface area contributed by atoms with Gasteiger partial charge in [0.05, 0.1) is 0 Å². The Bertz CT molecular complexity index is 120. The first-order valence-corrected chi connectivity index (χ1v) is 5.41. The Balaban J connectivity index is 0. The molecule has 0 fully saturated rings. The van der Waals surface area contributed by atoms with Gasteiger partial charge in [0.1, 0.15) is 4.32 Å². The monoisotopic (exact) mass is 214 g/mol. The molecule has 1 unspecified atom stereocenters. The molecule has 0 rings (SSSR count). The maximum atomic E-state index is 5.39. The van der Waals surface area contributed by atoms with Gasteiger partial charge in [0, 0.05) is 34.8 Å². The summed E-state index contributed by atoms with van der Waals surface area (Å²) >= 11 is 6.41. The fraction of sp³-hybridized carbons (Fsp3) is 0.875. The van der Waals surface area contributed by atoms with E-state index in [2.05, 4.69) is 13.8 Å². The van der Waals surface area contributed by atoms with E-state index in [4.69, 9.17) is 18.0 Å². The Morgan fingerprint density at radius 3 is 2.50 bits per heavy atom. The van der Waals surface area contributed by atoms with Crippen molar-refractivity contribution in [1.29, 1.82) is 0 Å². The van der Waals surface area contributed by atoms with Crippen LogP contribution in [0.3, 0.4) is 0 Å². The van der Waals surface area contributed by atoms with Crippen molar-refractivity contribution in [2.45, 2.75) is 44.8 Å². The fourth-order valence-electron chi connectivity index (χ4n) is 0.939. The first-order valence-electron chi connectivity index (χ1n) is 4.13. The number of rotatable bonds is 5. The second-order valence-electron chi connectivity index (χ2n) is 2.74. The summed E-state index contributed by atoms with van der Waals surface area (Å²) in [6.07, 6.45) is 5.13. The van der Waals surface area contributed by atoms with Crippen molar-refractivity contribution >= 4 is 57.9 Å². The van der Waals surface area contributed by atoms with Crippen molar-refractivity contribution in [2.24, 2.45) is 5.73 Å². The standard InChI is InChI=1S/C8H17NS2.Na/c1-3-4-5-6-7(2)11-8(9)10;/h7H,3-6H2,1-2H3,(H2,9,10);. The van der Waals surface area contributed by atoms with Gasteiger partial charge in [-0.3, -0.25) is 0 Å². The summed E-state index contributed by atoms with van der Waals surface area (Å²) in [6, 6.07) is 0. The van der Waals surface area contributed by atoms with E-state index >= 15 is 0 Å². The van der Waals surface area contributed by atoms with Gasteiger partial charge in [-0.25, -0.2) is 0 Å². The Morgan fingerprint density at radius 2 is 2.08 bits per heavy atom. The van der Waals surface area contributed by atoms with Crippen LogP contribution in [0, 0.1) is 0 Å². The summed E-state index contributed by atoms with van der Waals surface area (Å²) in [5, 5.41) is 0.596. The molecule has 0 aliphatic carbocycles. The van der Waals surface area contributed by atoms with E-state index in [0.29, 0.717) is 9.57 Å². The number of thioether (sulfide) groups is 1. The quantitative estimate of drug-likeness (QED) is 0.433. The Hall–Kier alpha value is 1.24. The second kappa shape index (κ2) is 10.3. The van der Waals surface area contributed by atoms with E-state index in [1.807, 2.05) is 0 Å². The van der Waals surface area contributed by atoms with Crippen molar-refractivity contribution in [3.05, 3.63) is 0 Å². The molecule has 0 aliphatic heterocycles. The van der Waals surface area contributed by atoms with Gasteiger partial charge in [0.25, 0.3) is 0 Å². The van der Waals surface area contributed by atoms with Gasteiger partial charge in [-0.15, -0.1) is 0 Å². The molecule has 67 valence electrons. The van der Waals surface area contributed by atoms with Gasteiger partial charge in [-0.2, -0.15) is 0 Å². The zero-order valence-corrected chi connectivity index (χ0v) is 11.9. The molecule has 0 aromatic heterocycles. The average molecular weight is 214 g/mol. The van der Waals surface area contributed by atoms with Crippen LogP contribution in [-0.4, -0.2) is 39.1 Å². The number of thiocarbonyl (C=S) groups is 1. The third-order valence-electron chi connectivity index (χ3n) is 1.53. The van der Waals surface area contributed by atoms with Crippen LogP contribution in [0.25, 0.3) is 0 Å². The van der Waals surface area contributed by atoms with Crippen molar-refractivity contribution < 1.29 is 0 Å². The van der Waals surface area contributed by atoms with E-state index in [1.54, 1.807) is 11.8 Å². The van der Waals surface area contributed by atoms with Crippen LogP contribution in [-0.2, 0) is 0 Å². The predicted octanol–water partition coefficient (Wildman–Crippen LogP) is 2.55. The van der Waals surface area contributed by atoms with Crippen molar-refractivity contribution in [3.63, 3.8) is 0 Å². The first-order chi connectivity index (χ1) is 5.16. The summed E-state index contributed by atoms with van der Waals surface area (Å²) in [5.74, 6) is 0. The third-order valence-corrected chi connectivity index (χ3v) is 2.69. The summed E-state index contributed by atoms with van der Waals surface area (Å²) in [7, 11) is 0. The van der Waals surface area contributed by atoms with Gasteiger partial charge in [-0.1, -0.05) is 57.1 Å². The van der Waals surface area contributed by atoms with Crippen LogP contribution >= 0.6 is 24.0 Å². The molecule has 0 bridgehead atoms. The minimum Gasteiger partial charge on any atom is -0.385 e. The normalized spacial score (nSPS) is 11.8. The van der Waals surface area contributed by atoms with Gasteiger partial charge in [0.2, 0.25) is 0 Å². The van der Waals surface area contributed by atoms with E-state index < -0.39 is 0 Å². The molecule has 12 heavy (non-hydrogen) atoms. The topological polar surface area (TPSA) is 26.0 Å². The molecule has 0 saturated heterocycles. The van der Waals surface area contributed by atoms with E-state index in [9.17, 15) is 0 Å². The fourth-order valence-corrected chi connectivity index (χ4v) is 2.11. The summed E-state index contributed by atoms with van der Waals surface area (Å²) in [4.78, 5) is 0. The Morgan fingerprint density at radius 1 is 1.50 bits per heavy atom. The molecule has 2 N–H and O–H groups in total. The largest absolute Gasteiger partial charge is 0.385 e. The molecule has 0 amide bonds. The van der Waals surface area contributed by atoms with Crippen molar-refractivity contribution in [1.82, 2.24) is 0 Å². The number of hydrogen-bond acceptors (Lipinski definition) is 2. The minimum atomic E-state index is 0. The summed E-state index contributed by atoms with van der Waals surface area (Å²) in [5.41, 5.74) is 5.39. The Labute approximate surface area is 108 Å². The molecule has 0 aliphatic rings. The molecule has 1 atom stereocenters.